The van der Waals surface area contributed by atoms with Crippen molar-refractivity contribution in [2.45, 2.75) is 51.0 Å². The predicted octanol–water partition coefficient (Wildman–Crippen LogP) is 4.79. The van der Waals surface area contributed by atoms with E-state index in [1.54, 1.807) is 23.0 Å². The lowest BCUT2D eigenvalue weighted by atomic mass is 9.86. The highest BCUT2D eigenvalue weighted by Crippen LogP contribution is 2.40. The zero-order chi connectivity index (χ0) is 27.8. The van der Waals surface area contributed by atoms with Crippen LogP contribution in [-0.4, -0.2) is 59.2 Å². The first-order valence-electron chi connectivity index (χ1n) is 13.8. The Kier molecular flexibility index (Phi) is 7.37. The first-order chi connectivity index (χ1) is 19.4. The van der Waals surface area contributed by atoms with Crippen molar-refractivity contribution in [3.05, 3.63) is 47.5 Å². The maximum absolute atomic E-state index is 13.9. The number of benzene rings is 1. The number of fused-ring (bicyclic) bond motifs is 1. The number of carbonyl (C=O) groups is 3. The van der Waals surface area contributed by atoms with E-state index in [0.29, 0.717) is 37.0 Å². The SMILES string of the molecule is CN1C(=O)Cc2cc(-c3ccccc3-c3csc(N(C(=O)C(CC(=O)O)CC4CCOCC4)C4CC4)n3)cnc21. The number of aromatic nitrogens is 2. The molecule has 1 atom stereocenters. The standard InChI is InChI=1S/C30H32N4O5S/c1-33-26(35)14-19-13-21(16-31-28(19)33)23-4-2-3-5-24(23)25-17-40-30(32-25)34(22-6-7-22)29(38)20(15-27(36)37)12-18-8-10-39-11-9-18/h2-5,13,16-18,20,22H,6-12,14-15H2,1H3,(H,36,37). The summed E-state index contributed by atoms with van der Waals surface area (Å²) in [6.07, 6.45) is 5.99. The largest absolute Gasteiger partial charge is 0.481 e. The van der Waals surface area contributed by atoms with Gasteiger partial charge in [0.05, 0.1) is 18.5 Å². The van der Waals surface area contributed by atoms with E-state index < -0.39 is 11.9 Å². The number of pyridine rings is 1. The number of likely N-dealkylation sites (N-methyl/N-ethyl adjacent to an activating group) is 1. The number of rotatable bonds is 9. The molecule has 2 aliphatic heterocycles. The Labute approximate surface area is 236 Å². The number of hydrogen-bond acceptors (Lipinski definition) is 7. The van der Waals surface area contributed by atoms with Crippen LogP contribution in [0.5, 0.6) is 0 Å². The summed E-state index contributed by atoms with van der Waals surface area (Å²) in [5.74, 6) is -0.665. The van der Waals surface area contributed by atoms with Gasteiger partial charge in [-0.1, -0.05) is 24.3 Å². The van der Waals surface area contributed by atoms with Gasteiger partial charge in [0.25, 0.3) is 0 Å². The summed E-state index contributed by atoms with van der Waals surface area (Å²) in [5, 5.41) is 12.2. The zero-order valence-electron chi connectivity index (χ0n) is 22.4. The van der Waals surface area contributed by atoms with E-state index >= 15 is 0 Å². The number of hydrogen-bond donors (Lipinski definition) is 1. The average molecular weight is 561 g/mol. The number of aliphatic carboxylic acids is 1. The van der Waals surface area contributed by atoms with Crippen molar-refractivity contribution in [3.8, 4) is 22.4 Å². The molecule has 2 fully saturated rings. The molecule has 208 valence electrons. The molecule has 3 aromatic rings. The van der Waals surface area contributed by atoms with E-state index in [2.05, 4.69) is 4.98 Å². The number of ether oxygens (including phenoxy) is 1. The maximum atomic E-state index is 13.9. The van der Waals surface area contributed by atoms with E-state index in [4.69, 9.17) is 9.72 Å². The molecule has 3 aliphatic rings. The van der Waals surface area contributed by atoms with Crippen LogP contribution in [0.1, 0.15) is 44.1 Å². The molecule has 1 N–H and O–H groups in total. The fourth-order valence-corrected chi connectivity index (χ4v) is 6.67. The van der Waals surface area contributed by atoms with Crippen molar-refractivity contribution < 1.29 is 24.2 Å². The number of amides is 2. The normalized spacial score (nSPS) is 18.0. The average Bonchev–Trinajstić information content (AvgIpc) is 3.60. The Morgan fingerprint density at radius 3 is 2.65 bits per heavy atom. The lowest BCUT2D eigenvalue weighted by molar-refractivity contribution is -0.141. The minimum atomic E-state index is -0.953. The third kappa shape index (κ3) is 5.38. The molecule has 10 heteroatoms. The molecular weight excluding hydrogens is 528 g/mol. The van der Waals surface area contributed by atoms with Crippen LogP contribution in [0.3, 0.4) is 0 Å². The monoisotopic (exact) mass is 560 g/mol. The Morgan fingerprint density at radius 1 is 1.18 bits per heavy atom. The molecule has 0 bridgehead atoms. The fourth-order valence-electron chi connectivity index (χ4n) is 5.77. The van der Waals surface area contributed by atoms with E-state index in [1.807, 2.05) is 35.7 Å². The van der Waals surface area contributed by atoms with E-state index in [-0.39, 0.29) is 30.2 Å². The first kappa shape index (κ1) is 26.6. The van der Waals surface area contributed by atoms with Crippen LogP contribution in [0.4, 0.5) is 10.9 Å². The van der Waals surface area contributed by atoms with Gasteiger partial charge in [-0.3, -0.25) is 24.2 Å². The molecule has 6 rings (SSSR count). The molecule has 4 heterocycles. The number of carbonyl (C=O) groups excluding carboxylic acids is 2. The third-order valence-electron chi connectivity index (χ3n) is 8.07. The Bertz CT molecular complexity index is 1450. The summed E-state index contributed by atoms with van der Waals surface area (Å²) >= 11 is 1.42. The van der Waals surface area contributed by atoms with Crippen molar-refractivity contribution >= 4 is 40.1 Å². The summed E-state index contributed by atoms with van der Waals surface area (Å²) < 4.78 is 5.46. The number of anilines is 2. The molecule has 9 nitrogen and oxygen atoms in total. The van der Waals surface area contributed by atoms with Crippen molar-refractivity contribution in [2.75, 3.05) is 30.1 Å². The molecule has 1 saturated heterocycles. The van der Waals surface area contributed by atoms with Gasteiger partial charge in [-0.15, -0.1) is 11.3 Å². The molecule has 2 aromatic heterocycles. The van der Waals surface area contributed by atoms with Crippen LogP contribution in [-0.2, 0) is 25.5 Å². The predicted molar refractivity (Wildman–Crippen MR) is 152 cm³/mol. The molecule has 40 heavy (non-hydrogen) atoms. The van der Waals surface area contributed by atoms with Crippen LogP contribution in [0.2, 0.25) is 0 Å². The first-order valence-corrected chi connectivity index (χ1v) is 14.7. The summed E-state index contributed by atoms with van der Waals surface area (Å²) in [7, 11) is 1.74. The second kappa shape index (κ2) is 11.1. The van der Waals surface area contributed by atoms with Gasteiger partial charge in [0, 0.05) is 60.5 Å². The van der Waals surface area contributed by atoms with E-state index in [1.165, 1.54) is 11.3 Å². The Hall–Kier alpha value is -3.63. The van der Waals surface area contributed by atoms with Crippen LogP contribution >= 0.6 is 11.3 Å². The zero-order valence-corrected chi connectivity index (χ0v) is 23.2. The van der Waals surface area contributed by atoms with Crippen molar-refractivity contribution in [2.24, 2.45) is 11.8 Å². The highest BCUT2D eigenvalue weighted by atomic mass is 32.1. The van der Waals surface area contributed by atoms with Crippen LogP contribution in [0, 0.1) is 11.8 Å². The molecule has 0 spiro atoms. The topological polar surface area (TPSA) is 113 Å². The second-order valence-corrected chi connectivity index (χ2v) is 11.8. The van der Waals surface area contributed by atoms with E-state index in [0.717, 1.165) is 53.6 Å². The number of thiazole rings is 1. The minimum absolute atomic E-state index is 0.0277. The van der Waals surface area contributed by atoms with Gasteiger partial charge in [-0.25, -0.2) is 9.97 Å². The molecule has 1 aliphatic carbocycles. The minimum Gasteiger partial charge on any atom is -0.481 e. The van der Waals surface area contributed by atoms with Crippen molar-refractivity contribution in [1.82, 2.24) is 9.97 Å². The van der Waals surface area contributed by atoms with Crippen LogP contribution in [0.15, 0.2) is 41.9 Å². The third-order valence-corrected chi connectivity index (χ3v) is 8.91. The summed E-state index contributed by atoms with van der Waals surface area (Å²) in [6, 6.07) is 10.0. The van der Waals surface area contributed by atoms with Crippen molar-refractivity contribution in [1.29, 1.82) is 0 Å². The smallest absolute Gasteiger partial charge is 0.304 e. The Morgan fingerprint density at radius 2 is 1.93 bits per heavy atom. The highest BCUT2D eigenvalue weighted by molar-refractivity contribution is 7.14. The molecular formula is C30H32N4O5S. The number of carboxylic acid groups (broad SMARTS) is 1. The van der Waals surface area contributed by atoms with Crippen LogP contribution in [0.25, 0.3) is 22.4 Å². The number of nitrogens with zero attached hydrogens (tertiary/aromatic N) is 4. The van der Waals surface area contributed by atoms with Gasteiger partial charge in [-0.05, 0) is 49.7 Å². The van der Waals surface area contributed by atoms with Gasteiger partial charge in [0.1, 0.15) is 5.82 Å². The molecule has 1 aromatic carbocycles. The summed E-state index contributed by atoms with van der Waals surface area (Å²) in [6.45, 7) is 1.32. The van der Waals surface area contributed by atoms with E-state index in [9.17, 15) is 19.5 Å². The number of carboxylic acids is 1. The van der Waals surface area contributed by atoms with Gasteiger partial charge < -0.3 is 9.84 Å². The Balaban J connectivity index is 1.29. The lowest BCUT2D eigenvalue weighted by Gasteiger charge is -2.29. The van der Waals surface area contributed by atoms with Gasteiger partial charge in [0.15, 0.2) is 5.13 Å². The summed E-state index contributed by atoms with van der Waals surface area (Å²) in [5.41, 5.74) is 4.42. The maximum Gasteiger partial charge on any atom is 0.304 e. The fraction of sp³-hybridized carbons (Fsp3) is 0.433. The molecule has 2 amide bonds. The summed E-state index contributed by atoms with van der Waals surface area (Å²) in [4.78, 5) is 50.6. The van der Waals surface area contributed by atoms with Gasteiger partial charge in [-0.2, -0.15) is 0 Å². The molecule has 1 unspecified atom stereocenters. The highest BCUT2D eigenvalue weighted by Gasteiger charge is 2.40. The quantitative estimate of drug-likeness (QED) is 0.400. The lowest BCUT2D eigenvalue weighted by Crippen LogP contribution is -2.40. The van der Waals surface area contributed by atoms with Gasteiger partial charge in [0.2, 0.25) is 11.8 Å². The van der Waals surface area contributed by atoms with Crippen molar-refractivity contribution in [3.63, 3.8) is 0 Å². The van der Waals surface area contributed by atoms with Gasteiger partial charge >= 0.3 is 5.97 Å². The second-order valence-electron chi connectivity index (χ2n) is 10.9. The van der Waals surface area contributed by atoms with Crippen LogP contribution < -0.4 is 9.80 Å². The molecule has 0 radical (unpaired) electrons. The molecule has 1 saturated carbocycles.